The summed E-state index contributed by atoms with van der Waals surface area (Å²) in [5, 5.41) is 0. The fourth-order valence-corrected chi connectivity index (χ4v) is 7.49. The zero-order chi connectivity index (χ0) is 22.1. The number of benzene rings is 3. The molecule has 0 saturated carbocycles. The standard InChI is InChI=1S/C27H21O3S2/c1-19(28)30-32(20-10-4-2-5-11-20,21-12-6-3-7-13-21)22-16-17-26-24(18-22)27(31)23-14-8-9-15-25(23)29-26/h2-18,26H,1H3/q+1. The van der Waals surface area contributed by atoms with E-state index in [0.717, 1.165) is 36.4 Å². The van der Waals surface area contributed by atoms with E-state index in [4.69, 9.17) is 21.1 Å². The maximum atomic E-state index is 12.4. The second-order valence-corrected chi connectivity index (χ2v) is 10.6. The molecule has 3 aromatic carbocycles. The number of rotatable bonds is 3. The van der Waals surface area contributed by atoms with Gasteiger partial charge in [-0.15, -0.1) is 0 Å². The molecular weight excluding hydrogens is 436 g/mol. The Morgan fingerprint density at radius 2 is 1.50 bits per heavy atom. The van der Waals surface area contributed by atoms with Crippen LogP contribution in [0.2, 0.25) is 0 Å². The topological polar surface area (TPSA) is 35.5 Å². The predicted octanol–water partition coefficient (Wildman–Crippen LogP) is 5.58. The second kappa shape index (κ2) is 8.34. The smallest absolute Gasteiger partial charge is 0.356 e. The lowest BCUT2D eigenvalue weighted by Gasteiger charge is -2.30. The van der Waals surface area contributed by atoms with Crippen molar-refractivity contribution >= 4 is 37.8 Å². The van der Waals surface area contributed by atoms with E-state index in [1.165, 1.54) is 6.92 Å². The van der Waals surface area contributed by atoms with Crippen LogP contribution in [0.15, 0.2) is 119 Å². The average Bonchev–Trinajstić information content (AvgIpc) is 2.83. The summed E-state index contributed by atoms with van der Waals surface area (Å²) in [5.41, 5.74) is 1.82. The summed E-state index contributed by atoms with van der Waals surface area (Å²) in [7, 11) is -2.32. The number of thiocarbonyl (C=S) groups is 1. The molecule has 1 aliphatic heterocycles. The molecule has 5 rings (SSSR count). The Morgan fingerprint density at radius 1 is 0.906 bits per heavy atom. The molecule has 0 spiro atoms. The van der Waals surface area contributed by atoms with Gasteiger partial charge in [0.25, 0.3) is 0 Å². The third kappa shape index (κ3) is 3.44. The van der Waals surface area contributed by atoms with Crippen molar-refractivity contribution in [3.8, 4) is 5.75 Å². The molecule has 0 fully saturated rings. The first-order chi connectivity index (χ1) is 15.6. The van der Waals surface area contributed by atoms with E-state index < -0.39 is 9.90 Å². The SMILES string of the molecule is CC(=O)O[S+](=C1C=CC2Oc3ccccc3C(=S)C2=C1)(c1ccccc1)c1ccccc1. The molecule has 32 heavy (non-hydrogen) atoms. The number of allylic oxidation sites excluding steroid dienone is 2. The molecule has 158 valence electrons. The van der Waals surface area contributed by atoms with E-state index in [-0.39, 0.29) is 12.1 Å². The highest BCUT2D eigenvalue weighted by Crippen LogP contribution is 2.38. The van der Waals surface area contributed by atoms with E-state index in [2.05, 4.69) is 6.08 Å². The quantitative estimate of drug-likeness (QED) is 0.380. The van der Waals surface area contributed by atoms with Crippen LogP contribution in [-0.4, -0.2) is 21.8 Å². The second-order valence-electron chi connectivity index (χ2n) is 7.48. The van der Waals surface area contributed by atoms with Crippen LogP contribution in [0.1, 0.15) is 12.5 Å². The van der Waals surface area contributed by atoms with Gasteiger partial charge in [0.15, 0.2) is 14.7 Å². The van der Waals surface area contributed by atoms with E-state index in [1.807, 2.05) is 97.1 Å². The molecule has 1 aliphatic carbocycles. The van der Waals surface area contributed by atoms with Crippen molar-refractivity contribution in [2.45, 2.75) is 22.8 Å². The van der Waals surface area contributed by atoms with Crippen molar-refractivity contribution < 1.29 is 13.7 Å². The van der Waals surface area contributed by atoms with E-state index in [9.17, 15) is 4.79 Å². The van der Waals surface area contributed by atoms with Crippen molar-refractivity contribution in [3.05, 3.63) is 114 Å². The lowest BCUT2D eigenvalue weighted by atomic mass is 9.92. The molecule has 0 aromatic heterocycles. The number of fused-ring (bicyclic) bond motifs is 2. The highest BCUT2D eigenvalue weighted by atomic mass is 32.3. The first-order valence-electron chi connectivity index (χ1n) is 10.3. The minimum Gasteiger partial charge on any atom is -0.481 e. The molecule has 0 radical (unpaired) electrons. The van der Waals surface area contributed by atoms with Crippen LogP contribution in [0.4, 0.5) is 0 Å². The third-order valence-electron chi connectivity index (χ3n) is 5.41. The Morgan fingerprint density at radius 3 is 2.12 bits per heavy atom. The molecule has 3 nitrogen and oxygen atoms in total. The van der Waals surface area contributed by atoms with Gasteiger partial charge in [-0.25, -0.2) is 4.79 Å². The molecule has 2 aliphatic rings. The number of hydrogen-bond donors (Lipinski definition) is 0. The number of para-hydroxylation sites is 1. The zero-order valence-corrected chi connectivity index (χ0v) is 19.1. The lowest BCUT2D eigenvalue weighted by Crippen LogP contribution is -2.34. The Labute approximate surface area is 194 Å². The van der Waals surface area contributed by atoms with Gasteiger partial charge in [0.05, 0.1) is 4.86 Å². The minimum atomic E-state index is -2.32. The Kier molecular flexibility index (Phi) is 5.37. The van der Waals surface area contributed by atoms with Crippen LogP contribution in [0.25, 0.3) is 0 Å². The van der Waals surface area contributed by atoms with Gasteiger partial charge in [-0.05, 0) is 48.6 Å². The molecule has 0 N–H and O–H groups in total. The summed E-state index contributed by atoms with van der Waals surface area (Å²) in [5.74, 6) is 0.458. The minimum absolute atomic E-state index is 0.262. The van der Waals surface area contributed by atoms with Crippen LogP contribution in [-0.2, 0) is 18.9 Å². The lowest BCUT2D eigenvalue weighted by molar-refractivity contribution is -0.131. The van der Waals surface area contributed by atoms with Gasteiger partial charge >= 0.3 is 5.97 Å². The number of hydrogen-bond acceptors (Lipinski definition) is 4. The fraction of sp³-hybridized carbons (Fsp3) is 0.0741. The summed E-state index contributed by atoms with van der Waals surface area (Å²) in [4.78, 5) is 16.0. The molecule has 0 amide bonds. The number of ether oxygens (including phenoxy) is 1. The van der Waals surface area contributed by atoms with Crippen LogP contribution in [0, 0.1) is 0 Å². The van der Waals surface area contributed by atoms with Crippen LogP contribution in [0.5, 0.6) is 5.75 Å². The van der Waals surface area contributed by atoms with Crippen molar-refractivity contribution in [3.63, 3.8) is 0 Å². The largest absolute Gasteiger partial charge is 0.481 e. The van der Waals surface area contributed by atoms with Crippen molar-refractivity contribution in [1.29, 1.82) is 0 Å². The molecule has 3 aromatic rings. The highest BCUT2D eigenvalue weighted by Gasteiger charge is 2.40. The Balaban J connectivity index is 1.81. The molecule has 1 unspecified atom stereocenters. The summed E-state index contributed by atoms with van der Waals surface area (Å²) in [6.07, 6.45) is 5.82. The predicted molar refractivity (Wildman–Crippen MR) is 133 cm³/mol. The van der Waals surface area contributed by atoms with E-state index in [0.29, 0.717) is 0 Å². The molecule has 1 heterocycles. The highest BCUT2D eigenvalue weighted by molar-refractivity contribution is 8.10. The summed E-state index contributed by atoms with van der Waals surface area (Å²) < 4.78 is 12.5. The van der Waals surface area contributed by atoms with Crippen LogP contribution in [0.3, 0.4) is 0 Å². The van der Waals surface area contributed by atoms with Gasteiger partial charge < -0.3 is 4.74 Å². The van der Waals surface area contributed by atoms with Gasteiger partial charge in [0.1, 0.15) is 21.8 Å². The van der Waals surface area contributed by atoms with Crippen molar-refractivity contribution in [1.82, 2.24) is 0 Å². The van der Waals surface area contributed by atoms with Crippen LogP contribution < -0.4 is 4.74 Å². The maximum absolute atomic E-state index is 12.4. The first-order valence-corrected chi connectivity index (χ1v) is 12.3. The Hall–Kier alpha value is -3.28. The molecular formula is C27H21O3S2+. The summed E-state index contributed by atoms with van der Waals surface area (Å²) in [6.45, 7) is 1.46. The number of carbonyl (C=O) groups excluding carboxylic acids is 1. The fourth-order valence-electron chi connectivity index (χ4n) is 4.05. The summed E-state index contributed by atoms with van der Waals surface area (Å²) in [6, 6.07) is 27.7. The van der Waals surface area contributed by atoms with Gasteiger partial charge in [0, 0.05) is 24.1 Å². The maximum Gasteiger partial charge on any atom is 0.356 e. The van der Waals surface area contributed by atoms with Crippen molar-refractivity contribution in [2.75, 3.05) is 0 Å². The van der Waals surface area contributed by atoms with Crippen LogP contribution >= 0.6 is 12.2 Å². The molecule has 0 bridgehead atoms. The normalized spacial score (nSPS) is 17.0. The molecule has 0 saturated heterocycles. The van der Waals surface area contributed by atoms with Crippen molar-refractivity contribution in [2.24, 2.45) is 0 Å². The van der Waals surface area contributed by atoms with E-state index in [1.54, 1.807) is 0 Å². The molecule has 1 atom stereocenters. The number of carbonyl (C=O) groups is 1. The first kappa shape index (κ1) is 20.6. The van der Waals surface area contributed by atoms with E-state index >= 15 is 0 Å². The monoisotopic (exact) mass is 457 g/mol. The zero-order valence-electron chi connectivity index (χ0n) is 17.4. The van der Waals surface area contributed by atoms with Gasteiger partial charge in [0.2, 0.25) is 0 Å². The van der Waals surface area contributed by atoms with Gasteiger partial charge in [-0.2, -0.15) is 0 Å². The van der Waals surface area contributed by atoms with Gasteiger partial charge in [-0.1, -0.05) is 60.7 Å². The molecule has 5 heteroatoms. The average molecular weight is 458 g/mol. The third-order valence-corrected chi connectivity index (χ3v) is 9.14. The Bertz CT molecular complexity index is 1280. The summed E-state index contributed by atoms with van der Waals surface area (Å²) >= 11 is 5.86. The van der Waals surface area contributed by atoms with Gasteiger partial charge in [-0.3, -0.25) is 4.18 Å².